The van der Waals surface area contributed by atoms with Crippen LogP contribution >= 0.6 is 11.3 Å². The third kappa shape index (κ3) is 1.42. The third-order valence-corrected chi connectivity index (χ3v) is 3.56. The van der Waals surface area contributed by atoms with Gasteiger partial charge >= 0.3 is 0 Å². The van der Waals surface area contributed by atoms with Crippen molar-refractivity contribution in [2.45, 2.75) is 6.92 Å². The number of rotatable bonds is 1. The zero-order valence-corrected chi connectivity index (χ0v) is 9.95. The van der Waals surface area contributed by atoms with E-state index < -0.39 is 0 Å². The minimum atomic E-state index is 1.07. The van der Waals surface area contributed by atoms with Crippen molar-refractivity contribution in [3.63, 3.8) is 0 Å². The molecule has 0 amide bonds. The maximum absolute atomic E-state index is 4.50. The molecule has 4 heteroatoms. The Balaban J connectivity index is 2.22. The molecule has 0 aliphatic rings. The summed E-state index contributed by atoms with van der Waals surface area (Å²) in [6.45, 7) is 2.04. The van der Waals surface area contributed by atoms with E-state index in [-0.39, 0.29) is 0 Å². The van der Waals surface area contributed by atoms with Crippen LogP contribution in [0.15, 0.2) is 30.5 Å². The first kappa shape index (κ1) is 9.54. The zero-order chi connectivity index (χ0) is 11.1. The fourth-order valence-corrected chi connectivity index (χ4v) is 2.67. The van der Waals surface area contributed by atoms with Gasteiger partial charge in [-0.2, -0.15) is 5.10 Å². The molecule has 3 aromatic rings. The highest BCUT2D eigenvalue weighted by molar-refractivity contribution is 7.18. The lowest BCUT2D eigenvalue weighted by Crippen LogP contribution is -1.92. The predicted molar refractivity (Wildman–Crippen MR) is 66.6 cm³/mol. The number of benzene rings is 1. The Morgan fingerprint density at radius 3 is 2.88 bits per heavy atom. The van der Waals surface area contributed by atoms with Gasteiger partial charge in [0.25, 0.3) is 0 Å². The summed E-state index contributed by atoms with van der Waals surface area (Å²) < 4.78 is 3.11. The molecule has 0 unspecified atom stereocenters. The van der Waals surface area contributed by atoms with Gasteiger partial charge < -0.3 is 0 Å². The average Bonchev–Trinajstić information content (AvgIpc) is 2.81. The van der Waals surface area contributed by atoms with Crippen molar-refractivity contribution >= 4 is 21.6 Å². The number of aryl methyl sites for hydroxylation is 2. The van der Waals surface area contributed by atoms with Crippen LogP contribution in [0.1, 0.15) is 5.01 Å². The lowest BCUT2D eigenvalue weighted by molar-refractivity contribution is 0.776. The molecule has 0 aliphatic heterocycles. The molecule has 0 bridgehead atoms. The molecule has 0 N–H and O–H groups in total. The van der Waals surface area contributed by atoms with E-state index in [9.17, 15) is 0 Å². The number of nitrogens with zero attached hydrogens (tertiary/aromatic N) is 3. The predicted octanol–water partition coefficient (Wildman–Crippen LogP) is 3.01. The van der Waals surface area contributed by atoms with E-state index in [4.69, 9.17) is 0 Å². The number of aromatic nitrogens is 3. The van der Waals surface area contributed by atoms with Gasteiger partial charge in [0.05, 0.1) is 20.9 Å². The molecule has 16 heavy (non-hydrogen) atoms. The Kier molecular flexibility index (Phi) is 2.04. The van der Waals surface area contributed by atoms with Crippen LogP contribution in [0.4, 0.5) is 0 Å². The summed E-state index contributed by atoms with van der Waals surface area (Å²) in [5.74, 6) is 0. The van der Waals surface area contributed by atoms with E-state index in [0.29, 0.717) is 0 Å². The van der Waals surface area contributed by atoms with Crippen LogP contribution in [-0.4, -0.2) is 14.8 Å². The van der Waals surface area contributed by atoms with Crippen molar-refractivity contribution in [2.75, 3.05) is 0 Å². The number of hydrogen-bond donors (Lipinski definition) is 0. The van der Waals surface area contributed by atoms with E-state index in [1.807, 2.05) is 30.9 Å². The molecule has 0 saturated heterocycles. The average molecular weight is 229 g/mol. The highest BCUT2D eigenvalue weighted by Crippen LogP contribution is 2.27. The lowest BCUT2D eigenvalue weighted by atomic mass is 10.1. The van der Waals surface area contributed by atoms with Crippen LogP contribution < -0.4 is 0 Å². The SMILES string of the molecule is Cc1nc2cc(-c3ccnn3C)ccc2s1. The molecule has 80 valence electrons. The van der Waals surface area contributed by atoms with Gasteiger partial charge in [0.15, 0.2) is 0 Å². The summed E-state index contributed by atoms with van der Waals surface area (Å²) in [4.78, 5) is 4.50. The summed E-state index contributed by atoms with van der Waals surface area (Å²) in [6, 6.07) is 8.38. The molecule has 1 aromatic carbocycles. The molecule has 2 aromatic heterocycles. The Labute approximate surface area is 97.4 Å². The normalized spacial score (nSPS) is 11.1. The van der Waals surface area contributed by atoms with Crippen LogP contribution in [0.2, 0.25) is 0 Å². The van der Waals surface area contributed by atoms with Gasteiger partial charge in [0, 0.05) is 18.8 Å². The highest BCUT2D eigenvalue weighted by atomic mass is 32.1. The standard InChI is InChI=1S/C12H11N3S/c1-8-14-10-7-9(3-4-12(10)16-8)11-5-6-13-15(11)2/h3-7H,1-2H3. The van der Waals surface area contributed by atoms with Gasteiger partial charge in [-0.05, 0) is 25.1 Å². The third-order valence-electron chi connectivity index (χ3n) is 2.61. The molecule has 0 aliphatic carbocycles. The minimum absolute atomic E-state index is 1.07. The maximum atomic E-state index is 4.50. The molecule has 0 spiro atoms. The Morgan fingerprint density at radius 2 is 2.12 bits per heavy atom. The summed E-state index contributed by atoms with van der Waals surface area (Å²) in [5.41, 5.74) is 3.35. The molecule has 3 rings (SSSR count). The lowest BCUT2D eigenvalue weighted by Gasteiger charge is -2.01. The maximum Gasteiger partial charge on any atom is 0.0907 e. The Hall–Kier alpha value is -1.68. The van der Waals surface area contributed by atoms with Gasteiger partial charge in [-0.25, -0.2) is 4.98 Å². The molecule has 0 atom stereocenters. The Bertz CT molecular complexity index is 651. The molecule has 3 nitrogen and oxygen atoms in total. The zero-order valence-electron chi connectivity index (χ0n) is 9.14. The summed E-state index contributed by atoms with van der Waals surface area (Å²) >= 11 is 1.73. The quantitative estimate of drug-likeness (QED) is 0.642. The molecule has 0 fully saturated rings. The van der Waals surface area contributed by atoms with Crippen molar-refractivity contribution in [1.29, 1.82) is 0 Å². The molecular weight excluding hydrogens is 218 g/mol. The van der Waals surface area contributed by atoms with Gasteiger partial charge in [-0.3, -0.25) is 4.68 Å². The van der Waals surface area contributed by atoms with Crippen LogP contribution in [0.5, 0.6) is 0 Å². The number of hydrogen-bond acceptors (Lipinski definition) is 3. The number of fused-ring (bicyclic) bond motifs is 1. The van der Waals surface area contributed by atoms with Crippen molar-refractivity contribution in [3.05, 3.63) is 35.5 Å². The molecular formula is C12H11N3S. The second-order valence-corrected chi connectivity index (χ2v) is 4.99. The smallest absolute Gasteiger partial charge is 0.0907 e. The van der Waals surface area contributed by atoms with Crippen molar-refractivity contribution in [1.82, 2.24) is 14.8 Å². The van der Waals surface area contributed by atoms with E-state index in [1.54, 1.807) is 11.3 Å². The van der Waals surface area contributed by atoms with Gasteiger partial charge in [0.2, 0.25) is 0 Å². The number of thiazole rings is 1. The van der Waals surface area contributed by atoms with Crippen molar-refractivity contribution in [3.8, 4) is 11.3 Å². The van der Waals surface area contributed by atoms with Gasteiger partial charge in [-0.1, -0.05) is 6.07 Å². The van der Waals surface area contributed by atoms with E-state index in [1.165, 1.54) is 4.70 Å². The molecule has 2 heterocycles. The summed E-state index contributed by atoms with van der Waals surface area (Å²) in [7, 11) is 1.95. The van der Waals surface area contributed by atoms with Crippen LogP contribution in [-0.2, 0) is 7.05 Å². The van der Waals surface area contributed by atoms with E-state index in [0.717, 1.165) is 21.8 Å². The van der Waals surface area contributed by atoms with Gasteiger partial charge in [0.1, 0.15) is 0 Å². The fraction of sp³-hybridized carbons (Fsp3) is 0.167. The first-order valence-electron chi connectivity index (χ1n) is 5.09. The second kappa shape index (κ2) is 3.42. The van der Waals surface area contributed by atoms with Crippen molar-refractivity contribution < 1.29 is 0 Å². The summed E-state index contributed by atoms with van der Waals surface area (Å²) in [6.07, 6.45) is 1.81. The molecule has 0 radical (unpaired) electrons. The largest absolute Gasteiger partial charge is 0.268 e. The minimum Gasteiger partial charge on any atom is -0.268 e. The summed E-state index contributed by atoms with van der Waals surface area (Å²) in [5, 5.41) is 5.29. The van der Waals surface area contributed by atoms with E-state index >= 15 is 0 Å². The topological polar surface area (TPSA) is 30.7 Å². The Morgan fingerprint density at radius 1 is 1.25 bits per heavy atom. The van der Waals surface area contributed by atoms with Gasteiger partial charge in [-0.15, -0.1) is 11.3 Å². The first-order valence-corrected chi connectivity index (χ1v) is 5.91. The van der Waals surface area contributed by atoms with E-state index in [2.05, 4.69) is 28.3 Å². The van der Waals surface area contributed by atoms with Crippen molar-refractivity contribution in [2.24, 2.45) is 7.05 Å². The highest BCUT2D eigenvalue weighted by Gasteiger charge is 2.05. The first-order chi connectivity index (χ1) is 7.74. The van der Waals surface area contributed by atoms with Crippen LogP contribution in [0.3, 0.4) is 0 Å². The fourth-order valence-electron chi connectivity index (χ4n) is 1.86. The van der Waals surface area contributed by atoms with Crippen LogP contribution in [0.25, 0.3) is 21.5 Å². The second-order valence-electron chi connectivity index (χ2n) is 3.76. The monoisotopic (exact) mass is 229 g/mol. The molecule has 0 saturated carbocycles. The van der Waals surface area contributed by atoms with Crippen LogP contribution in [0, 0.1) is 6.92 Å².